The molecule has 0 bridgehead atoms. The maximum absolute atomic E-state index is 13.9. The van der Waals surface area contributed by atoms with Crippen LogP contribution < -0.4 is 27.8 Å². The summed E-state index contributed by atoms with van der Waals surface area (Å²) in [6.07, 6.45) is 11.4. The molecule has 62 heavy (non-hydrogen) atoms. The Bertz CT molecular complexity index is 2300. The number of phenols is 1. The number of ether oxygens (including phenoxy) is 1. The van der Waals surface area contributed by atoms with Gasteiger partial charge >= 0.3 is 0 Å². The topological polar surface area (TPSA) is 210 Å². The molecule has 9 N–H and O–H groups in total. The SMILES string of the molecule is CCc1cn(C2CCC(CN3CCN(C(=O)c4ccc(C5CN(C(/C=C(\N)c6ccccc6O)=C(N)N)CC(C)O5)cc4C)CC3)CC2)c2ncc(NC(=O)CCNC=O)cc12. The summed E-state index contributed by atoms with van der Waals surface area (Å²) in [5.74, 6) is 0.697. The van der Waals surface area contributed by atoms with Crippen LogP contribution in [0.25, 0.3) is 16.7 Å². The highest BCUT2D eigenvalue weighted by Gasteiger charge is 2.31. The minimum absolute atomic E-state index is 0.0556. The van der Waals surface area contributed by atoms with Crippen LogP contribution in [0, 0.1) is 12.8 Å². The lowest BCUT2D eigenvalue weighted by molar-refractivity contribution is -0.116. The Labute approximate surface area is 363 Å². The number of rotatable bonds is 14. The van der Waals surface area contributed by atoms with Gasteiger partial charge in [-0.3, -0.25) is 19.3 Å². The van der Waals surface area contributed by atoms with Crippen LogP contribution in [0.15, 0.2) is 78.5 Å². The summed E-state index contributed by atoms with van der Waals surface area (Å²) in [6.45, 7) is 11.6. The molecule has 2 unspecified atom stereocenters. The molecule has 1 saturated carbocycles. The zero-order chi connectivity index (χ0) is 43.9. The zero-order valence-corrected chi connectivity index (χ0v) is 36.2. The van der Waals surface area contributed by atoms with Crippen molar-refractivity contribution in [3.05, 3.63) is 106 Å². The maximum Gasteiger partial charge on any atom is 0.254 e. The number of aromatic nitrogens is 2. The molecule has 15 nitrogen and oxygen atoms in total. The van der Waals surface area contributed by atoms with E-state index in [1.54, 1.807) is 36.5 Å². The van der Waals surface area contributed by atoms with Crippen molar-refractivity contribution in [1.82, 2.24) is 29.6 Å². The fraction of sp³-hybridized carbons (Fsp3) is 0.447. The first-order valence-corrected chi connectivity index (χ1v) is 21.9. The molecule has 2 atom stereocenters. The molecule has 1 aliphatic carbocycles. The number of para-hydroxylation sites is 1. The van der Waals surface area contributed by atoms with Gasteiger partial charge in [0.1, 0.15) is 23.3 Å². The summed E-state index contributed by atoms with van der Waals surface area (Å²) >= 11 is 0. The normalized spacial score (nSPS) is 21.1. The summed E-state index contributed by atoms with van der Waals surface area (Å²) in [5.41, 5.74) is 25.6. The van der Waals surface area contributed by atoms with Gasteiger partial charge in [-0.2, -0.15) is 0 Å². The van der Waals surface area contributed by atoms with Crippen LogP contribution in [0.4, 0.5) is 5.69 Å². The second-order valence-corrected chi connectivity index (χ2v) is 17.0. The number of piperazine rings is 1. The minimum atomic E-state index is -0.291. The Hall–Kier alpha value is -6.06. The van der Waals surface area contributed by atoms with Gasteiger partial charge in [0.2, 0.25) is 12.3 Å². The summed E-state index contributed by atoms with van der Waals surface area (Å²) in [5, 5.41) is 16.8. The highest BCUT2D eigenvalue weighted by atomic mass is 16.5. The zero-order valence-electron chi connectivity index (χ0n) is 36.2. The molecule has 4 aromatic rings. The van der Waals surface area contributed by atoms with Crippen molar-refractivity contribution in [2.45, 2.75) is 77.5 Å². The summed E-state index contributed by atoms with van der Waals surface area (Å²) in [6, 6.07) is 15.2. The standard InChI is InChI=1S/C47H62N10O5/c1-4-33-27-57(46-39(33)22-35(24-52-46)53-44(60)15-16-51-29-58)36-12-9-32(10-13-36)26-54-17-19-55(20-18-54)47(61)37-14-11-34(21-30(37)2)43-28-56(25-31(3)62-43)41(45(49)50)23-40(48)38-7-5-6-8-42(38)59/h5-8,11,14,21-24,27,29,31-32,36,43,59H,4,9-10,12-13,15-20,25-26,28,48-50H2,1-3H3,(H,51,58)(H,53,60)/b40-23-. The van der Waals surface area contributed by atoms with Gasteiger partial charge in [0.25, 0.3) is 5.91 Å². The van der Waals surface area contributed by atoms with Gasteiger partial charge in [-0.1, -0.05) is 31.2 Å². The van der Waals surface area contributed by atoms with E-state index in [4.69, 9.17) is 26.9 Å². The lowest BCUT2D eigenvalue weighted by Gasteiger charge is -2.39. The van der Waals surface area contributed by atoms with Gasteiger partial charge in [-0.15, -0.1) is 0 Å². The average molecular weight is 847 g/mol. The third-order valence-electron chi connectivity index (χ3n) is 12.6. The number of aromatic hydroxyl groups is 1. The number of hydrogen-bond donors (Lipinski definition) is 6. The fourth-order valence-electron chi connectivity index (χ4n) is 9.33. The van der Waals surface area contributed by atoms with Crippen molar-refractivity contribution in [3.63, 3.8) is 0 Å². The van der Waals surface area contributed by atoms with Crippen LogP contribution in [0.2, 0.25) is 0 Å². The Morgan fingerprint density at radius 3 is 2.42 bits per heavy atom. The van der Waals surface area contributed by atoms with E-state index in [1.165, 1.54) is 5.56 Å². The van der Waals surface area contributed by atoms with Crippen molar-refractivity contribution in [3.8, 4) is 5.75 Å². The van der Waals surface area contributed by atoms with E-state index >= 15 is 0 Å². The predicted molar refractivity (Wildman–Crippen MR) is 241 cm³/mol. The van der Waals surface area contributed by atoms with Gasteiger partial charge in [0, 0.05) is 93.2 Å². The number of anilines is 1. The number of nitrogens with two attached hydrogens (primary N) is 3. The number of amides is 3. The van der Waals surface area contributed by atoms with Crippen LogP contribution in [0.5, 0.6) is 5.75 Å². The van der Waals surface area contributed by atoms with Crippen molar-refractivity contribution in [1.29, 1.82) is 0 Å². The molecule has 2 aromatic heterocycles. The van der Waals surface area contributed by atoms with Crippen LogP contribution in [-0.2, 0) is 20.7 Å². The van der Waals surface area contributed by atoms with E-state index < -0.39 is 0 Å². The van der Waals surface area contributed by atoms with Crippen LogP contribution in [-0.4, -0.2) is 106 Å². The summed E-state index contributed by atoms with van der Waals surface area (Å²) in [4.78, 5) is 48.1. The average Bonchev–Trinajstić information content (AvgIpc) is 3.63. The molecule has 2 aliphatic heterocycles. The van der Waals surface area contributed by atoms with E-state index in [2.05, 4.69) is 38.1 Å². The number of carbonyl (C=O) groups excluding carboxylic acids is 3. The number of nitrogens with one attached hydrogen (secondary N) is 2. The van der Waals surface area contributed by atoms with Crippen molar-refractivity contribution in [2.75, 3.05) is 57.7 Å². The van der Waals surface area contributed by atoms with Crippen molar-refractivity contribution < 1.29 is 24.2 Å². The fourth-order valence-corrected chi connectivity index (χ4v) is 9.33. The Morgan fingerprint density at radius 1 is 0.968 bits per heavy atom. The summed E-state index contributed by atoms with van der Waals surface area (Å²) < 4.78 is 8.75. The molecule has 0 radical (unpaired) electrons. The van der Waals surface area contributed by atoms with Gasteiger partial charge < -0.3 is 52.0 Å². The lowest BCUT2D eigenvalue weighted by Crippen LogP contribution is -2.50. The van der Waals surface area contributed by atoms with Gasteiger partial charge in [0.15, 0.2) is 0 Å². The third kappa shape index (κ3) is 10.2. The van der Waals surface area contributed by atoms with Gasteiger partial charge in [0.05, 0.1) is 23.7 Å². The molecular formula is C47H62N10O5. The monoisotopic (exact) mass is 846 g/mol. The van der Waals surface area contributed by atoms with Gasteiger partial charge in [-0.25, -0.2) is 4.98 Å². The number of morpholine rings is 1. The van der Waals surface area contributed by atoms with E-state index in [-0.39, 0.29) is 42.0 Å². The third-order valence-corrected chi connectivity index (χ3v) is 12.6. The quantitative estimate of drug-likeness (QED) is 0.0581. The summed E-state index contributed by atoms with van der Waals surface area (Å²) in [7, 11) is 0. The second kappa shape index (κ2) is 19.8. The number of carbonyl (C=O) groups is 3. The molecule has 3 fully saturated rings. The Kier molecular flexibility index (Phi) is 14.0. The number of aryl methyl sites for hydroxylation is 2. The van der Waals surface area contributed by atoms with E-state index in [1.807, 2.05) is 43.0 Å². The molecule has 15 heteroatoms. The largest absolute Gasteiger partial charge is 0.507 e. The first kappa shape index (κ1) is 44.0. The van der Waals surface area contributed by atoms with Crippen molar-refractivity contribution in [2.24, 2.45) is 23.1 Å². The number of hydrogen-bond acceptors (Lipinski definition) is 11. The van der Waals surface area contributed by atoms with Gasteiger partial charge in [-0.05, 0) is 98.9 Å². The van der Waals surface area contributed by atoms with Crippen LogP contribution in [0.1, 0.15) is 90.7 Å². The molecule has 3 aliphatic rings. The van der Waals surface area contributed by atoms with Crippen LogP contribution in [0.3, 0.4) is 0 Å². The molecule has 7 rings (SSSR count). The van der Waals surface area contributed by atoms with Crippen molar-refractivity contribution >= 4 is 40.6 Å². The number of pyridine rings is 1. The number of nitrogens with zero attached hydrogens (tertiary/aromatic N) is 5. The molecule has 3 amide bonds. The van der Waals surface area contributed by atoms with E-state index in [9.17, 15) is 19.5 Å². The highest BCUT2D eigenvalue weighted by molar-refractivity contribution is 5.96. The highest BCUT2D eigenvalue weighted by Crippen LogP contribution is 2.37. The molecule has 2 saturated heterocycles. The predicted octanol–water partition coefficient (Wildman–Crippen LogP) is 4.72. The Morgan fingerprint density at radius 2 is 1.73 bits per heavy atom. The second-order valence-electron chi connectivity index (χ2n) is 17.0. The van der Waals surface area contributed by atoms with E-state index in [0.29, 0.717) is 79.3 Å². The first-order valence-electron chi connectivity index (χ1n) is 21.9. The molecule has 4 heterocycles. The molecular weight excluding hydrogens is 785 g/mol. The number of allylic oxidation sites excluding steroid dienone is 1. The molecule has 0 spiro atoms. The minimum Gasteiger partial charge on any atom is -0.507 e. The van der Waals surface area contributed by atoms with E-state index in [0.717, 1.165) is 73.9 Å². The van der Waals surface area contributed by atoms with Crippen LogP contribution >= 0.6 is 0 Å². The Balaban J connectivity index is 0.906. The number of phenolic OH excluding ortho intramolecular Hbond substituents is 1. The number of fused-ring (bicyclic) bond motifs is 1. The maximum atomic E-state index is 13.9. The number of benzene rings is 2. The molecule has 2 aromatic carbocycles. The lowest BCUT2D eigenvalue weighted by atomic mass is 9.85. The first-order chi connectivity index (χ1) is 29.9. The molecule has 330 valence electrons. The smallest absolute Gasteiger partial charge is 0.254 e.